The minimum atomic E-state index is -0.925. The van der Waals surface area contributed by atoms with Gasteiger partial charge in [-0.1, -0.05) is 23.9 Å². The van der Waals surface area contributed by atoms with E-state index in [1.807, 2.05) is 24.3 Å². The van der Waals surface area contributed by atoms with Crippen LogP contribution in [-0.2, 0) is 4.79 Å². The molecule has 0 aromatic carbocycles. The van der Waals surface area contributed by atoms with E-state index in [-0.39, 0.29) is 0 Å². The number of rotatable bonds is 4. The van der Waals surface area contributed by atoms with Crippen molar-refractivity contribution in [2.24, 2.45) is 0 Å². The van der Waals surface area contributed by atoms with Gasteiger partial charge in [-0.15, -0.1) is 0 Å². The van der Waals surface area contributed by atoms with Crippen LogP contribution in [0.4, 0.5) is 0 Å². The molecule has 2 rings (SSSR count). The van der Waals surface area contributed by atoms with Crippen molar-refractivity contribution in [1.29, 1.82) is 0 Å². The van der Waals surface area contributed by atoms with Gasteiger partial charge in [0, 0.05) is 29.7 Å². The molecule has 0 aliphatic heterocycles. The second-order valence-electron chi connectivity index (χ2n) is 4.52. The highest BCUT2D eigenvalue weighted by Crippen LogP contribution is 2.37. The predicted octanol–water partition coefficient (Wildman–Crippen LogP) is 3.10. The largest absolute Gasteiger partial charge is 0.480 e. The minimum absolute atomic E-state index is 0.697. The molecule has 0 bridgehead atoms. The van der Waals surface area contributed by atoms with Gasteiger partial charge < -0.3 is 5.11 Å². The third-order valence-corrected chi connectivity index (χ3v) is 3.81. The fourth-order valence-corrected chi connectivity index (χ4v) is 2.48. The van der Waals surface area contributed by atoms with Crippen molar-refractivity contribution in [3.63, 3.8) is 0 Å². The maximum absolute atomic E-state index is 11.2. The summed E-state index contributed by atoms with van der Waals surface area (Å²) in [6, 6.07) is 7.53. The first-order valence-electron chi connectivity index (χ1n) is 5.78. The Bertz CT molecular complexity index is 585. The van der Waals surface area contributed by atoms with Crippen molar-refractivity contribution in [2.75, 3.05) is 0 Å². The highest BCUT2D eigenvalue weighted by Gasteiger charge is 2.30. The third-order valence-electron chi connectivity index (χ3n) is 2.61. The molecule has 0 amide bonds. The maximum atomic E-state index is 11.2. The van der Waals surface area contributed by atoms with E-state index >= 15 is 0 Å². The molecule has 4 nitrogen and oxygen atoms in total. The number of carboxylic acid groups (broad SMARTS) is 1. The lowest BCUT2D eigenvalue weighted by Gasteiger charge is -2.19. The van der Waals surface area contributed by atoms with Crippen LogP contribution in [0.3, 0.4) is 0 Å². The van der Waals surface area contributed by atoms with Crippen LogP contribution in [0, 0.1) is 0 Å². The molecule has 0 atom stereocenters. The Morgan fingerprint density at radius 2 is 2.00 bits per heavy atom. The van der Waals surface area contributed by atoms with Crippen molar-refractivity contribution >= 4 is 17.7 Å². The van der Waals surface area contributed by atoms with Crippen LogP contribution in [0.25, 0.3) is 11.1 Å². The zero-order valence-corrected chi connectivity index (χ0v) is 11.5. The summed E-state index contributed by atoms with van der Waals surface area (Å²) in [4.78, 5) is 19.6. The van der Waals surface area contributed by atoms with Crippen LogP contribution in [0.1, 0.15) is 13.8 Å². The standard InChI is InChI=1S/C14H14N2O2S/c1-14(2,13(17)18)19-12-11(6-4-8-16-12)10-5-3-7-15-9-10/h3-9H,1-2H3,(H,17,18). The molecule has 0 spiro atoms. The average Bonchev–Trinajstić information content (AvgIpc) is 2.40. The van der Waals surface area contributed by atoms with Gasteiger partial charge >= 0.3 is 5.97 Å². The lowest BCUT2D eigenvalue weighted by molar-refractivity contribution is -0.138. The topological polar surface area (TPSA) is 63.1 Å². The molecule has 0 radical (unpaired) electrons. The first-order chi connectivity index (χ1) is 9.00. The van der Waals surface area contributed by atoms with E-state index in [4.69, 9.17) is 0 Å². The highest BCUT2D eigenvalue weighted by atomic mass is 32.2. The molecule has 1 N–H and O–H groups in total. The molecule has 0 saturated heterocycles. The smallest absolute Gasteiger partial charge is 0.319 e. The molecule has 0 unspecified atom stereocenters. The summed E-state index contributed by atoms with van der Waals surface area (Å²) in [6.45, 7) is 3.34. The molecule has 2 aromatic heterocycles. The minimum Gasteiger partial charge on any atom is -0.480 e. The quantitative estimate of drug-likeness (QED) is 0.868. The van der Waals surface area contributed by atoms with Gasteiger partial charge in [0.2, 0.25) is 0 Å². The molecule has 2 aromatic rings. The lowest BCUT2D eigenvalue weighted by atomic mass is 10.1. The summed E-state index contributed by atoms with van der Waals surface area (Å²) in [5.74, 6) is -0.861. The van der Waals surface area contributed by atoms with Crippen molar-refractivity contribution in [1.82, 2.24) is 9.97 Å². The second-order valence-corrected chi connectivity index (χ2v) is 6.13. The summed E-state index contributed by atoms with van der Waals surface area (Å²) >= 11 is 1.24. The van der Waals surface area contributed by atoms with Crippen molar-refractivity contribution in [3.05, 3.63) is 42.9 Å². The Labute approximate surface area is 115 Å². The highest BCUT2D eigenvalue weighted by molar-refractivity contribution is 8.01. The first-order valence-corrected chi connectivity index (χ1v) is 6.60. The SMILES string of the molecule is CC(C)(Sc1ncccc1-c1cccnc1)C(=O)O. The van der Waals surface area contributed by atoms with Crippen molar-refractivity contribution < 1.29 is 9.90 Å². The summed E-state index contributed by atoms with van der Waals surface area (Å²) in [7, 11) is 0. The van der Waals surface area contributed by atoms with Crippen LogP contribution in [-0.4, -0.2) is 25.8 Å². The van der Waals surface area contributed by atoms with Crippen molar-refractivity contribution in [3.8, 4) is 11.1 Å². The number of carboxylic acids is 1. The van der Waals surface area contributed by atoms with Crippen LogP contribution < -0.4 is 0 Å². The van der Waals surface area contributed by atoms with Crippen LogP contribution in [0.5, 0.6) is 0 Å². The molecular weight excluding hydrogens is 260 g/mol. The average molecular weight is 274 g/mol. The molecule has 2 heterocycles. The van der Waals surface area contributed by atoms with E-state index in [0.29, 0.717) is 5.03 Å². The van der Waals surface area contributed by atoms with E-state index in [9.17, 15) is 9.90 Å². The number of hydrogen-bond acceptors (Lipinski definition) is 4. The number of carbonyl (C=O) groups is 1. The molecule has 0 aliphatic rings. The first kappa shape index (κ1) is 13.5. The van der Waals surface area contributed by atoms with Gasteiger partial charge in [-0.3, -0.25) is 9.78 Å². The van der Waals surface area contributed by atoms with Crippen LogP contribution in [0.2, 0.25) is 0 Å². The van der Waals surface area contributed by atoms with E-state index in [1.165, 1.54) is 11.8 Å². The monoisotopic (exact) mass is 274 g/mol. The fourth-order valence-electron chi connectivity index (χ4n) is 1.50. The molecule has 0 fully saturated rings. The number of aliphatic carboxylic acids is 1. The van der Waals surface area contributed by atoms with E-state index < -0.39 is 10.7 Å². The Morgan fingerprint density at radius 3 is 2.63 bits per heavy atom. The van der Waals surface area contributed by atoms with E-state index in [0.717, 1.165) is 11.1 Å². The molecule has 19 heavy (non-hydrogen) atoms. The fraction of sp³-hybridized carbons (Fsp3) is 0.214. The lowest BCUT2D eigenvalue weighted by Crippen LogP contribution is -2.27. The van der Waals surface area contributed by atoms with Crippen molar-refractivity contribution in [2.45, 2.75) is 23.6 Å². The van der Waals surface area contributed by atoms with Crippen LogP contribution in [0.15, 0.2) is 47.9 Å². The number of aromatic nitrogens is 2. The molecule has 5 heteroatoms. The Balaban J connectivity index is 2.40. The van der Waals surface area contributed by atoms with Gasteiger partial charge in [0.05, 0.1) is 0 Å². The van der Waals surface area contributed by atoms with Gasteiger partial charge in [0.25, 0.3) is 0 Å². The van der Waals surface area contributed by atoms with Gasteiger partial charge in [-0.2, -0.15) is 0 Å². The molecule has 98 valence electrons. The number of hydrogen-bond donors (Lipinski definition) is 1. The third kappa shape index (κ3) is 3.12. The maximum Gasteiger partial charge on any atom is 0.319 e. The number of nitrogens with zero attached hydrogens (tertiary/aromatic N) is 2. The van der Waals surface area contributed by atoms with E-state index in [2.05, 4.69) is 9.97 Å². The van der Waals surface area contributed by atoms with Gasteiger partial charge in [-0.05, 0) is 26.0 Å². The second kappa shape index (κ2) is 5.40. The number of pyridine rings is 2. The zero-order chi connectivity index (χ0) is 13.9. The van der Waals surface area contributed by atoms with Crippen LogP contribution >= 0.6 is 11.8 Å². The zero-order valence-electron chi connectivity index (χ0n) is 10.7. The van der Waals surface area contributed by atoms with E-state index in [1.54, 1.807) is 32.4 Å². The molecular formula is C14H14N2O2S. The van der Waals surface area contributed by atoms with Gasteiger partial charge in [0.15, 0.2) is 0 Å². The van der Waals surface area contributed by atoms with Gasteiger partial charge in [0.1, 0.15) is 9.77 Å². The summed E-state index contributed by atoms with van der Waals surface area (Å²) < 4.78 is -0.925. The normalized spacial score (nSPS) is 11.3. The summed E-state index contributed by atoms with van der Waals surface area (Å²) in [5.41, 5.74) is 1.83. The summed E-state index contributed by atoms with van der Waals surface area (Å²) in [5, 5.41) is 9.90. The summed E-state index contributed by atoms with van der Waals surface area (Å²) in [6.07, 6.45) is 5.11. The predicted molar refractivity (Wildman–Crippen MR) is 75.0 cm³/mol. The Hall–Kier alpha value is -1.88. The Kier molecular flexibility index (Phi) is 3.85. The molecule has 0 saturated carbocycles. The number of thioether (sulfide) groups is 1. The molecule has 0 aliphatic carbocycles. The van der Waals surface area contributed by atoms with Gasteiger partial charge in [-0.25, -0.2) is 4.98 Å². The Morgan fingerprint density at radius 1 is 1.26 bits per heavy atom.